The van der Waals surface area contributed by atoms with Crippen LogP contribution in [0.3, 0.4) is 0 Å². The smallest absolute Gasteiger partial charge is 0.411 e. The monoisotopic (exact) mass is 572 g/mol. The van der Waals surface area contributed by atoms with Gasteiger partial charge in [-0.25, -0.2) is 13.2 Å². The van der Waals surface area contributed by atoms with E-state index in [-0.39, 0.29) is 36.5 Å². The van der Waals surface area contributed by atoms with E-state index in [1.807, 2.05) is 0 Å². The van der Waals surface area contributed by atoms with Crippen LogP contribution < -0.4 is 10.6 Å². The molecule has 10 nitrogen and oxygen atoms in total. The van der Waals surface area contributed by atoms with Crippen molar-refractivity contribution in [3.63, 3.8) is 0 Å². The van der Waals surface area contributed by atoms with E-state index in [0.29, 0.717) is 17.5 Å². The summed E-state index contributed by atoms with van der Waals surface area (Å²) in [6.45, 7) is 8.57. The summed E-state index contributed by atoms with van der Waals surface area (Å²) in [7, 11) is -3.97. The Morgan fingerprint density at radius 3 is 2.12 bits per heavy atom. The Morgan fingerprint density at radius 1 is 0.975 bits per heavy atom. The summed E-state index contributed by atoms with van der Waals surface area (Å²) < 4.78 is 34.0. The number of carbonyl (C=O) groups excluding carboxylic acids is 3. The van der Waals surface area contributed by atoms with Crippen molar-refractivity contribution in [2.45, 2.75) is 75.5 Å². The van der Waals surface area contributed by atoms with Crippen LogP contribution in [0.4, 0.5) is 10.5 Å². The number of piperazine rings is 1. The maximum absolute atomic E-state index is 13.8. The van der Waals surface area contributed by atoms with Crippen molar-refractivity contribution in [3.8, 4) is 0 Å². The molecule has 5 fully saturated rings. The molecule has 1 atom stereocenters. The Labute approximate surface area is 236 Å². The average molecular weight is 573 g/mol. The molecule has 0 aromatic heterocycles. The Kier molecular flexibility index (Phi) is 7.73. The van der Waals surface area contributed by atoms with Crippen molar-refractivity contribution < 1.29 is 27.5 Å². The molecular weight excluding hydrogens is 532 g/mol. The number of nitrogens with zero attached hydrogens (tertiary/aromatic N) is 2. The molecule has 0 spiro atoms. The van der Waals surface area contributed by atoms with E-state index in [1.54, 1.807) is 20.8 Å². The van der Waals surface area contributed by atoms with Crippen LogP contribution in [0, 0.1) is 23.7 Å². The molecule has 4 aliphatic carbocycles. The molecule has 11 heteroatoms. The summed E-state index contributed by atoms with van der Waals surface area (Å²) in [5.41, 5.74) is -0.322. The molecule has 1 aromatic carbocycles. The first kappa shape index (κ1) is 28.6. The normalized spacial score (nSPS) is 30.0. The van der Waals surface area contributed by atoms with E-state index in [0.717, 1.165) is 43.6 Å². The van der Waals surface area contributed by atoms with E-state index in [4.69, 9.17) is 4.74 Å². The number of ether oxygens (including phenoxy) is 1. The van der Waals surface area contributed by atoms with Crippen molar-refractivity contribution in [2.75, 3.05) is 25.0 Å². The van der Waals surface area contributed by atoms with Crippen molar-refractivity contribution in [1.82, 2.24) is 14.5 Å². The number of benzene rings is 1. The summed E-state index contributed by atoms with van der Waals surface area (Å²) in [6, 6.07) is 4.88. The van der Waals surface area contributed by atoms with Crippen LogP contribution in [-0.2, 0) is 24.3 Å². The maximum Gasteiger partial charge on any atom is 0.411 e. The highest BCUT2D eigenvalue weighted by Gasteiger charge is 2.50. The van der Waals surface area contributed by atoms with Gasteiger partial charge >= 0.3 is 6.09 Å². The lowest BCUT2D eigenvalue weighted by Gasteiger charge is -2.54. The summed E-state index contributed by atoms with van der Waals surface area (Å²) in [5, 5.41) is 5.86. The molecule has 4 bridgehead atoms. The lowest BCUT2D eigenvalue weighted by Crippen LogP contribution is -2.65. The Hall–Kier alpha value is -2.92. The topological polar surface area (TPSA) is 125 Å². The summed E-state index contributed by atoms with van der Waals surface area (Å²) in [5.74, 6) is 1.66. The van der Waals surface area contributed by atoms with Crippen LogP contribution in [0.5, 0.6) is 0 Å². The summed E-state index contributed by atoms with van der Waals surface area (Å²) in [4.78, 5) is 40.0. The van der Waals surface area contributed by atoms with Crippen LogP contribution in [0.1, 0.15) is 52.9 Å². The molecule has 1 aliphatic heterocycles. The van der Waals surface area contributed by atoms with Crippen molar-refractivity contribution >= 4 is 33.6 Å². The number of anilines is 1. The highest BCUT2D eigenvalue weighted by atomic mass is 32.2. The van der Waals surface area contributed by atoms with Gasteiger partial charge in [0, 0.05) is 31.4 Å². The Bertz CT molecular complexity index is 1240. The van der Waals surface area contributed by atoms with E-state index in [9.17, 15) is 22.8 Å². The molecule has 40 heavy (non-hydrogen) atoms. The SMILES string of the molecule is C=CC(=O)Nc1ccc(S(=O)(=O)N2CCN(C(=O)OC(C)(C)C)C(C(=O)NC3C4CC5CC(C4)CC3C5)C2)cc1. The Morgan fingerprint density at radius 2 is 1.57 bits per heavy atom. The van der Waals surface area contributed by atoms with Gasteiger partial charge in [0.2, 0.25) is 21.8 Å². The minimum Gasteiger partial charge on any atom is -0.444 e. The number of carbonyl (C=O) groups is 3. The Balaban J connectivity index is 1.35. The molecule has 1 saturated heterocycles. The molecule has 1 heterocycles. The van der Waals surface area contributed by atoms with Gasteiger partial charge < -0.3 is 15.4 Å². The highest BCUT2D eigenvalue weighted by molar-refractivity contribution is 7.89. The van der Waals surface area contributed by atoms with Crippen LogP contribution in [0.2, 0.25) is 0 Å². The molecule has 218 valence electrons. The quantitative estimate of drug-likeness (QED) is 0.504. The fraction of sp³-hybridized carbons (Fsp3) is 0.621. The lowest BCUT2D eigenvalue weighted by molar-refractivity contribution is -0.131. The van der Waals surface area contributed by atoms with Gasteiger partial charge in [0.05, 0.1) is 4.90 Å². The predicted molar refractivity (Wildman–Crippen MR) is 150 cm³/mol. The third kappa shape index (κ3) is 5.90. The second-order valence-electron chi connectivity index (χ2n) is 12.7. The van der Waals surface area contributed by atoms with Gasteiger partial charge in [-0.2, -0.15) is 4.31 Å². The van der Waals surface area contributed by atoms with Crippen molar-refractivity contribution in [1.29, 1.82) is 0 Å². The van der Waals surface area contributed by atoms with Gasteiger partial charge in [-0.15, -0.1) is 0 Å². The standard InChI is InChI=1S/C29H40N4O6S/c1-5-25(34)30-22-6-8-23(9-7-22)40(37,38)32-10-11-33(28(36)39-29(2,3)4)24(17-32)27(35)31-26-20-13-18-12-19(15-20)16-21(26)14-18/h5-9,18-21,24,26H,1,10-17H2,2-4H3,(H,30,34)(H,31,35). The van der Waals surface area contributed by atoms with Crippen LogP contribution >= 0.6 is 0 Å². The first-order valence-corrected chi connectivity index (χ1v) is 15.6. The second kappa shape index (κ2) is 10.8. The maximum atomic E-state index is 13.8. The zero-order valence-electron chi connectivity index (χ0n) is 23.5. The lowest BCUT2D eigenvalue weighted by atomic mass is 9.54. The molecular formula is C29H40N4O6S. The van der Waals surface area contributed by atoms with Gasteiger partial charge in [-0.3, -0.25) is 14.5 Å². The van der Waals surface area contributed by atoms with E-state index in [2.05, 4.69) is 17.2 Å². The zero-order valence-corrected chi connectivity index (χ0v) is 24.3. The molecule has 3 amide bonds. The number of rotatable bonds is 6. The zero-order chi connectivity index (χ0) is 28.8. The van der Waals surface area contributed by atoms with E-state index < -0.39 is 33.7 Å². The molecule has 5 aliphatic rings. The number of nitrogens with one attached hydrogen (secondary N) is 2. The fourth-order valence-electron chi connectivity index (χ4n) is 7.21. The minimum atomic E-state index is -3.97. The first-order valence-electron chi connectivity index (χ1n) is 14.2. The fourth-order valence-corrected chi connectivity index (χ4v) is 8.65. The summed E-state index contributed by atoms with van der Waals surface area (Å²) >= 11 is 0. The number of amides is 3. The molecule has 2 N–H and O–H groups in total. The summed E-state index contributed by atoms with van der Waals surface area (Å²) in [6.07, 6.45) is 6.31. The van der Waals surface area contributed by atoms with Gasteiger partial charge in [0.15, 0.2) is 0 Å². The third-order valence-corrected chi connectivity index (χ3v) is 10.6. The van der Waals surface area contributed by atoms with Crippen LogP contribution in [0.25, 0.3) is 0 Å². The van der Waals surface area contributed by atoms with Crippen molar-refractivity contribution in [2.24, 2.45) is 23.7 Å². The predicted octanol–water partition coefficient (Wildman–Crippen LogP) is 3.36. The second-order valence-corrected chi connectivity index (χ2v) is 14.7. The largest absolute Gasteiger partial charge is 0.444 e. The van der Waals surface area contributed by atoms with Gasteiger partial charge in [0.25, 0.3) is 0 Å². The third-order valence-electron chi connectivity index (χ3n) is 8.75. The highest BCUT2D eigenvalue weighted by Crippen LogP contribution is 2.53. The minimum absolute atomic E-state index is 0.0261. The van der Waals surface area contributed by atoms with E-state index >= 15 is 0 Å². The van der Waals surface area contributed by atoms with Gasteiger partial charge in [-0.05, 0) is 107 Å². The van der Waals surface area contributed by atoms with E-state index in [1.165, 1.54) is 39.9 Å². The first-order chi connectivity index (χ1) is 18.8. The average Bonchev–Trinajstić information content (AvgIpc) is 2.89. The van der Waals surface area contributed by atoms with Gasteiger partial charge in [0.1, 0.15) is 11.6 Å². The molecule has 1 aromatic rings. The molecule has 1 unspecified atom stereocenters. The number of hydrogen-bond donors (Lipinski definition) is 2. The van der Waals surface area contributed by atoms with Crippen molar-refractivity contribution in [3.05, 3.63) is 36.9 Å². The van der Waals surface area contributed by atoms with Crippen LogP contribution in [0.15, 0.2) is 41.8 Å². The number of hydrogen-bond acceptors (Lipinski definition) is 6. The molecule has 6 rings (SSSR count). The molecule has 0 radical (unpaired) electrons. The van der Waals surface area contributed by atoms with Gasteiger partial charge in [-0.1, -0.05) is 6.58 Å². The number of sulfonamides is 1. The van der Waals surface area contributed by atoms with Crippen LogP contribution in [-0.4, -0.2) is 72.8 Å². The molecule has 4 saturated carbocycles.